The second-order valence-electron chi connectivity index (χ2n) is 6.68. The summed E-state index contributed by atoms with van der Waals surface area (Å²) in [5.41, 5.74) is -0.376. The average molecular weight is 241 g/mol. The van der Waals surface area contributed by atoms with Crippen molar-refractivity contribution < 1.29 is 9.84 Å². The topological polar surface area (TPSA) is 32.7 Å². The predicted molar refractivity (Wildman–Crippen MR) is 69.1 cm³/mol. The zero-order valence-electron chi connectivity index (χ0n) is 11.5. The van der Waals surface area contributed by atoms with E-state index < -0.39 is 5.60 Å². The predicted octanol–water partition coefficient (Wildman–Crippen LogP) is 2.18. The highest BCUT2D eigenvalue weighted by Crippen LogP contribution is 2.43. The molecule has 0 aromatic carbocycles. The molecular formula is C14H27NO2. The van der Waals surface area contributed by atoms with Crippen LogP contribution in [0.3, 0.4) is 0 Å². The third-order valence-corrected chi connectivity index (χ3v) is 4.03. The number of hydrogen-bond donors (Lipinski definition) is 1. The van der Waals surface area contributed by atoms with Crippen molar-refractivity contribution in [2.45, 2.75) is 69.7 Å². The maximum Gasteiger partial charge on any atom is 0.0718 e. The molecule has 1 N–H and O–H groups in total. The van der Waals surface area contributed by atoms with Gasteiger partial charge in [-0.3, -0.25) is 0 Å². The molecule has 2 aliphatic rings. The van der Waals surface area contributed by atoms with Crippen molar-refractivity contribution in [3.05, 3.63) is 0 Å². The first-order valence-corrected chi connectivity index (χ1v) is 6.97. The highest BCUT2D eigenvalue weighted by molar-refractivity contribution is 4.93. The van der Waals surface area contributed by atoms with Crippen LogP contribution >= 0.6 is 0 Å². The Morgan fingerprint density at radius 3 is 2.53 bits per heavy atom. The van der Waals surface area contributed by atoms with Crippen molar-refractivity contribution in [1.29, 1.82) is 0 Å². The Kier molecular flexibility index (Phi) is 3.81. The molecule has 0 amide bonds. The molecule has 0 aromatic heterocycles. The van der Waals surface area contributed by atoms with Gasteiger partial charge in [-0.25, -0.2) is 0 Å². The van der Waals surface area contributed by atoms with Crippen LogP contribution in [0.4, 0.5) is 0 Å². The first kappa shape index (κ1) is 13.3. The third-order valence-electron chi connectivity index (χ3n) is 4.03. The molecular weight excluding hydrogens is 214 g/mol. The molecule has 1 unspecified atom stereocenters. The lowest BCUT2D eigenvalue weighted by Crippen LogP contribution is -2.40. The summed E-state index contributed by atoms with van der Waals surface area (Å²) < 4.78 is 6.27. The molecule has 17 heavy (non-hydrogen) atoms. The minimum Gasteiger partial charge on any atom is -0.389 e. The fourth-order valence-corrected chi connectivity index (χ4v) is 3.48. The Hall–Kier alpha value is -0.120. The van der Waals surface area contributed by atoms with Crippen molar-refractivity contribution in [3.63, 3.8) is 0 Å². The van der Waals surface area contributed by atoms with Crippen LogP contribution in [0, 0.1) is 0 Å². The lowest BCUT2D eigenvalue weighted by atomic mass is 9.98. The van der Waals surface area contributed by atoms with Gasteiger partial charge in [-0.2, -0.15) is 0 Å². The molecule has 1 saturated carbocycles. The molecule has 0 bridgehead atoms. The number of likely N-dealkylation sites (N-methyl/N-ethyl adjacent to an activating group) is 1. The molecule has 3 nitrogen and oxygen atoms in total. The van der Waals surface area contributed by atoms with Crippen LogP contribution in [0.25, 0.3) is 0 Å². The van der Waals surface area contributed by atoms with E-state index in [1.807, 2.05) is 13.8 Å². The Bertz CT molecular complexity index is 253. The summed E-state index contributed by atoms with van der Waals surface area (Å²) in [6.45, 7) is 5.38. The van der Waals surface area contributed by atoms with Crippen LogP contribution in [-0.2, 0) is 4.74 Å². The van der Waals surface area contributed by atoms with Gasteiger partial charge in [0.2, 0.25) is 0 Å². The van der Waals surface area contributed by atoms with Gasteiger partial charge >= 0.3 is 0 Å². The Balaban J connectivity index is 1.77. The van der Waals surface area contributed by atoms with E-state index in [-0.39, 0.29) is 5.60 Å². The maximum atomic E-state index is 9.78. The molecule has 1 aliphatic heterocycles. The highest BCUT2D eigenvalue weighted by Gasteiger charge is 2.42. The van der Waals surface area contributed by atoms with E-state index in [0.29, 0.717) is 12.6 Å². The fourth-order valence-electron chi connectivity index (χ4n) is 3.48. The first-order chi connectivity index (χ1) is 7.89. The summed E-state index contributed by atoms with van der Waals surface area (Å²) in [6, 6.07) is 0. The van der Waals surface area contributed by atoms with E-state index in [9.17, 15) is 5.11 Å². The van der Waals surface area contributed by atoms with Gasteiger partial charge in [0.15, 0.2) is 0 Å². The largest absolute Gasteiger partial charge is 0.389 e. The van der Waals surface area contributed by atoms with Crippen LogP contribution < -0.4 is 0 Å². The van der Waals surface area contributed by atoms with Crippen LogP contribution in [0.5, 0.6) is 0 Å². The van der Waals surface area contributed by atoms with Crippen molar-refractivity contribution >= 4 is 0 Å². The quantitative estimate of drug-likeness (QED) is 0.819. The van der Waals surface area contributed by atoms with E-state index in [2.05, 4.69) is 11.9 Å². The third kappa shape index (κ3) is 3.67. The molecule has 100 valence electrons. The SMILES string of the molecule is CN(CC1CCC2(CCCC2)O1)CC(C)(C)O. The van der Waals surface area contributed by atoms with Crippen molar-refractivity contribution in [2.24, 2.45) is 0 Å². The molecule has 1 atom stereocenters. The number of nitrogens with zero attached hydrogens (tertiary/aromatic N) is 1. The van der Waals surface area contributed by atoms with Gasteiger partial charge in [-0.05, 0) is 46.6 Å². The summed E-state index contributed by atoms with van der Waals surface area (Å²) in [7, 11) is 2.07. The molecule has 2 fully saturated rings. The van der Waals surface area contributed by atoms with E-state index in [1.54, 1.807) is 0 Å². The van der Waals surface area contributed by atoms with E-state index in [1.165, 1.54) is 38.5 Å². The van der Waals surface area contributed by atoms with Crippen LogP contribution in [0.2, 0.25) is 0 Å². The summed E-state index contributed by atoms with van der Waals surface area (Å²) in [4.78, 5) is 2.19. The van der Waals surface area contributed by atoms with Gasteiger partial charge in [0.1, 0.15) is 0 Å². The summed E-state index contributed by atoms with van der Waals surface area (Å²) >= 11 is 0. The minimum atomic E-state index is -0.613. The summed E-state index contributed by atoms with van der Waals surface area (Å²) in [6.07, 6.45) is 8.01. The monoisotopic (exact) mass is 241 g/mol. The number of hydrogen-bond acceptors (Lipinski definition) is 3. The van der Waals surface area contributed by atoms with Gasteiger partial charge in [0, 0.05) is 13.1 Å². The normalized spacial score (nSPS) is 28.4. The maximum absolute atomic E-state index is 9.78. The number of aliphatic hydroxyl groups is 1. The second kappa shape index (κ2) is 4.87. The van der Waals surface area contributed by atoms with Crippen LogP contribution in [-0.4, -0.2) is 47.4 Å². The smallest absolute Gasteiger partial charge is 0.0718 e. The molecule has 0 aromatic rings. The highest BCUT2D eigenvalue weighted by atomic mass is 16.5. The molecule has 3 heteroatoms. The Morgan fingerprint density at radius 1 is 1.29 bits per heavy atom. The molecule has 1 spiro atoms. The zero-order valence-corrected chi connectivity index (χ0v) is 11.5. The summed E-state index contributed by atoms with van der Waals surface area (Å²) in [5.74, 6) is 0. The van der Waals surface area contributed by atoms with Gasteiger partial charge in [-0.1, -0.05) is 12.8 Å². The van der Waals surface area contributed by atoms with Crippen molar-refractivity contribution in [2.75, 3.05) is 20.1 Å². The lowest BCUT2D eigenvalue weighted by Gasteiger charge is -2.29. The van der Waals surface area contributed by atoms with E-state index >= 15 is 0 Å². The Morgan fingerprint density at radius 2 is 1.94 bits per heavy atom. The second-order valence-corrected chi connectivity index (χ2v) is 6.68. The van der Waals surface area contributed by atoms with Gasteiger partial charge in [0.05, 0.1) is 17.3 Å². The average Bonchev–Trinajstić information content (AvgIpc) is 2.75. The minimum absolute atomic E-state index is 0.236. The van der Waals surface area contributed by atoms with Crippen molar-refractivity contribution in [1.82, 2.24) is 4.90 Å². The van der Waals surface area contributed by atoms with E-state index in [4.69, 9.17) is 4.74 Å². The summed E-state index contributed by atoms with van der Waals surface area (Å²) in [5, 5.41) is 9.78. The number of ether oxygens (including phenoxy) is 1. The van der Waals surface area contributed by atoms with Gasteiger partial charge < -0.3 is 14.7 Å². The molecule has 0 radical (unpaired) electrons. The van der Waals surface area contributed by atoms with Crippen LogP contribution in [0.15, 0.2) is 0 Å². The molecule has 1 saturated heterocycles. The van der Waals surface area contributed by atoms with Gasteiger partial charge in [-0.15, -0.1) is 0 Å². The standard InChI is InChI=1S/C14H27NO2/c1-13(2,16)11-15(3)10-12-6-9-14(17-12)7-4-5-8-14/h12,16H,4-11H2,1-3H3. The molecule has 2 rings (SSSR count). The van der Waals surface area contributed by atoms with Crippen LogP contribution in [0.1, 0.15) is 52.4 Å². The first-order valence-electron chi connectivity index (χ1n) is 6.97. The molecule has 1 aliphatic carbocycles. The Labute approximate surface area is 105 Å². The lowest BCUT2D eigenvalue weighted by molar-refractivity contribution is -0.0515. The fraction of sp³-hybridized carbons (Fsp3) is 1.00. The van der Waals surface area contributed by atoms with Gasteiger partial charge in [0.25, 0.3) is 0 Å². The number of rotatable bonds is 4. The van der Waals surface area contributed by atoms with Crippen molar-refractivity contribution in [3.8, 4) is 0 Å². The molecule has 1 heterocycles. The zero-order chi connectivity index (χ0) is 12.5. The van der Waals surface area contributed by atoms with E-state index in [0.717, 1.165) is 6.54 Å².